The standard InChI is InChI=1S/C17H14O6/c1-21-10-6-14(22-2)16-15(7-10)23-8-12(17(16)20)11-4-3-9(18)5-13(11)19/h3-8,18-19H,1-2H3. The lowest BCUT2D eigenvalue weighted by Gasteiger charge is -2.09. The summed E-state index contributed by atoms with van der Waals surface area (Å²) in [6.07, 6.45) is 1.26. The summed E-state index contributed by atoms with van der Waals surface area (Å²) in [5.41, 5.74) is 0.384. The molecule has 0 aliphatic heterocycles. The third-order valence-electron chi connectivity index (χ3n) is 3.54. The van der Waals surface area contributed by atoms with Crippen LogP contribution in [-0.4, -0.2) is 24.4 Å². The zero-order chi connectivity index (χ0) is 16.6. The van der Waals surface area contributed by atoms with Crippen LogP contribution in [0.3, 0.4) is 0 Å². The van der Waals surface area contributed by atoms with Gasteiger partial charge in [-0.15, -0.1) is 0 Å². The second kappa shape index (κ2) is 5.57. The molecule has 0 fully saturated rings. The maximum atomic E-state index is 12.8. The fourth-order valence-corrected chi connectivity index (χ4v) is 2.41. The van der Waals surface area contributed by atoms with Crippen LogP contribution >= 0.6 is 0 Å². The lowest BCUT2D eigenvalue weighted by Crippen LogP contribution is -2.06. The number of fused-ring (bicyclic) bond motifs is 1. The number of hydrogen-bond donors (Lipinski definition) is 2. The van der Waals surface area contributed by atoms with Gasteiger partial charge in [-0.2, -0.15) is 0 Å². The monoisotopic (exact) mass is 314 g/mol. The average molecular weight is 314 g/mol. The fourth-order valence-electron chi connectivity index (χ4n) is 2.41. The summed E-state index contributed by atoms with van der Waals surface area (Å²) in [5, 5.41) is 19.6. The summed E-state index contributed by atoms with van der Waals surface area (Å²) in [5.74, 6) is 0.494. The highest BCUT2D eigenvalue weighted by Crippen LogP contribution is 2.34. The van der Waals surface area contributed by atoms with E-state index in [1.165, 1.54) is 32.6 Å². The Bertz CT molecular complexity index is 942. The number of methoxy groups -OCH3 is 2. The van der Waals surface area contributed by atoms with E-state index in [2.05, 4.69) is 0 Å². The second-order valence-corrected chi connectivity index (χ2v) is 4.88. The molecule has 0 saturated carbocycles. The highest BCUT2D eigenvalue weighted by atomic mass is 16.5. The second-order valence-electron chi connectivity index (χ2n) is 4.88. The van der Waals surface area contributed by atoms with Gasteiger partial charge in [-0.3, -0.25) is 4.79 Å². The fraction of sp³-hybridized carbons (Fsp3) is 0.118. The van der Waals surface area contributed by atoms with Gasteiger partial charge in [0.1, 0.15) is 40.2 Å². The Balaban J connectivity index is 2.33. The van der Waals surface area contributed by atoms with Crippen LogP contribution in [0.4, 0.5) is 0 Å². The first-order chi connectivity index (χ1) is 11.0. The molecule has 1 heterocycles. The normalized spacial score (nSPS) is 10.7. The van der Waals surface area contributed by atoms with E-state index in [4.69, 9.17) is 13.9 Å². The van der Waals surface area contributed by atoms with Crippen LogP contribution in [0, 0.1) is 0 Å². The molecule has 2 N–H and O–H groups in total. The molecule has 0 spiro atoms. The summed E-state index contributed by atoms with van der Waals surface area (Å²) in [6, 6.07) is 7.15. The molecule has 3 rings (SSSR count). The number of ether oxygens (including phenoxy) is 2. The molecule has 2 aromatic carbocycles. The first-order valence-corrected chi connectivity index (χ1v) is 6.75. The minimum atomic E-state index is -0.355. The van der Waals surface area contributed by atoms with E-state index < -0.39 is 0 Å². The van der Waals surface area contributed by atoms with Gasteiger partial charge >= 0.3 is 0 Å². The van der Waals surface area contributed by atoms with E-state index in [-0.39, 0.29) is 33.4 Å². The highest BCUT2D eigenvalue weighted by molar-refractivity contribution is 5.89. The van der Waals surface area contributed by atoms with E-state index in [9.17, 15) is 15.0 Å². The highest BCUT2D eigenvalue weighted by Gasteiger charge is 2.17. The Morgan fingerprint density at radius 2 is 1.78 bits per heavy atom. The topological polar surface area (TPSA) is 89.1 Å². The van der Waals surface area contributed by atoms with Gasteiger partial charge in [0, 0.05) is 23.8 Å². The first kappa shape index (κ1) is 14.8. The molecule has 6 heteroatoms. The Labute approximate surface area is 131 Å². The third kappa shape index (κ3) is 2.44. The van der Waals surface area contributed by atoms with Crippen LogP contribution in [0.2, 0.25) is 0 Å². The lowest BCUT2D eigenvalue weighted by atomic mass is 10.0. The quantitative estimate of drug-likeness (QED) is 0.772. The van der Waals surface area contributed by atoms with Crippen molar-refractivity contribution < 1.29 is 24.1 Å². The maximum Gasteiger partial charge on any atom is 0.204 e. The zero-order valence-corrected chi connectivity index (χ0v) is 12.5. The van der Waals surface area contributed by atoms with Crippen molar-refractivity contribution in [2.75, 3.05) is 14.2 Å². The third-order valence-corrected chi connectivity index (χ3v) is 3.54. The first-order valence-electron chi connectivity index (χ1n) is 6.75. The Kier molecular flexibility index (Phi) is 3.57. The molecule has 6 nitrogen and oxygen atoms in total. The van der Waals surface area contributed by atoms with Gasteiger partial charge in [0.25, 0.3) is 0 Å². The van der Waals surface area contributed by atoms with Crippen molar-refractivity contribution in [3.8, 4) is 34.1 Å². The number of phenols is 2. The van der Waals surface area contributed by atoms with Crippen molar-refractivity contribution in [3.05, 3.63) is 46.8 Å². The van der Waals surface area contributed by atoms with E-state index in [0.717, 1.165) is 6.07 Å². The number of phenolic OH excluding ortho intramolecular Hbond substituents is 2. The molecule has 23 heavy (non-hydrogen) atoms. The van der Waals surface area contributed by atoms with E-state index in [1.54, 1.807) is 12.1 Å². The van der Waals surface area contributed by atoms with Crippen LogP contribution in [0.15, 0.2) is 45.8 Å². The number of rotatable bonds is 3. The Hall–Kier alpha value is -3.15. The predicted molar refractivity (Wildman–Crippen MR) is 84.4 cm³/mol. The molecular formula is C17H14O6. The molecule has 0 unspecified atom stereocenters. The molecule has 1 aromatic heterocycles. The number of benzene rings is 2. The molecule has 0 aliphatic carbocycles. The lowest BCUT2D eigenvalue weighted by molar-refractivity contribution is 0.396. The molecule has 0 saturated heterocycles. The zero-order valence-electron chi connectivity index (χ0n) is 12.5. The minimum absolute atomic E-state index is 0.0984. The molecule has 0 bridgehead atoms. The average Bonchev–Trinajstić information content (AvgIpc) is 2.55. The summed E-state index contributed by atoms with van der Waals surface area (Å²) < 4.78 is 15.9. The van der Waals surface area contributed by atoms with Gasteiger partial charge in [-0.25, -0.2) is 0 Å². The summed E-state index contributed by atoms with van der Waals surface area (Å²) >= 11 is 0. The Morgan fingerprint density at radius 1 is 1.00 bits per heavy atom. The molecule has 0 radical (unpaired) electrons. The van der Waals surface area contributed by atoms with E-state index in [1.807, 2.05) is 0 Å². The summed E-state index contributed by atoms with van der Waals surface area (Å²) in [4.78, 5) is 12.8. The Morgan fingerprint density at radius 3 is 2.43 bits per heavy atom. The van der Waals surface area contributed by atoms with E-state index >= 15 is 0 Å². The minimum Gasteiger partial charge on any atom is -0.508 e. The molecule has 3 aromatic rings. The molecule has 0 amide bonds. The molecular weight excluding hydrogens is 300 g/mol. The smallest absolute Gasteiger partial charge is 0.204 e. The largest absolute Gasteiger partial charge is 0.508 e. The van der Waals surface area contributed by atoms with Crippen LogP contribution in [0.5, 0.6) is 23.0 Å². The van der Waals surface area contributed by atoms with Gasteiger partial charge in [-0.05, 0) is 12.1 Å². The van der Waals surface area contributed by atoms with Crippen molar-refractivity contribution in [1.82, 2.24) is 0 Å². The van der Waals surface area contributed by atoms with Gasteiger partial charge in [-0.1, -0.05) is 0 Å². The van der Waals surface area contributed by atoms with Crippen LogP contribution in [-0.2, 0) is 0 Å². The molecule has 118 valence electrons. The van der Waals surface area contributed by atoms with Gasteiger partial charge < -0.3 is 24.1 Å². The van der Waals surface area contributed by atoms with Crippen LogP contribution < -0.4 is 14.9 Å². The van der Waals surface area contributed by atoms with Crippen molar-refractivity contribution in [1.29, 1.82) is 0 Å². The predicted octanol–water partition coefficient (Wildman–Crippen LogP) is 2.89. The van der Waals surface area contributed by atoms with Gasteiger partial charge in [0.15, 0.2) is 0 Å². The summed E-state index contributed by atoms with van der Waals surface area (Å²) in [6.45, 7) is 0. The van der Waals surface area contributed by atoms with Crippen molar-refractivity contribution in [2.45, 2.75) is 0 Å². The van der Waals surface area contributed by atoms with Gasteiger partial charge in [0.05, 0.1) is 19.8 Å². The van der Waals surface area contributed by atoms with E-state index in [0.29, 0.717) is 17.1 Å². The van der Waals surface area contributed by atoms with Crippen molar-refractivity contribution in [3.63, 3.8) is 0 Å². The van der Waals surface area contributed by atoms with Crippen molar-refractivity contribution in [2.24, 2.45) is 0 Å². The number of aromatic hydroxyl groups is 2. The maximum absolute atomic E-state index is 12.8. The summed E-state index contributed by atoms with van der Waals surface area (Å²) in [7, 11) is 2.94. The van der Waals surface area contributed by atoms with Crippen LogP contribution in [0.25, 0.3) is 22.1 Å². The number of hydrogen-bond acceptors (Lipinski definition) is 6. The van der Waals surface area contributed by atoms with Crippen molar-refractivity contribution >= 4 is 11.0 Å². The SMILES string of the molecule is COc1cc(OC)c2c(=O)c(-c3ccc(O)cc3O)coc2c1. The van der Waals surface area contributed by atoms with Gasteiger partial charge in [0.2, 0.25) is 5.43 Å². The molecule has 0 aliphatic rings. The molecule has 0 atom stereocenters. The van der Waals surface area contributed by atoms with Crippen LogP contribution in [0.1, 0.15) is 0 Å².